The SMILES string of the molecule is CC/C=C\C/C=C\C/C=C\CCCCCCCCCC(=O)OC(CCCCCCCCCCC)CCCCCCCC(=O)NCC(=O)O. The van der Waals surface area contributed by atoms with Gasteiger partial charge in [0.05, 0.1) is 0 Å². The molecule has 0 aliphatic rings. The first-order chi connectivity index (χ1) is 23.5. The number of aliphatic carboxylic acids is 1. The van der Waals surface area contributed by atoms with Crippen molar-refractivity contribution in [3.63, 3.8) is 0 Å². The van der Waals surface area contributed by atoms with Crippen LogP contribution in [0.15, 0.2) is 36.5 Å². The Morgan fingerprint density at radius 2 is 1.02 bits per heavy atom. The van der Waals surface area contributed by atoms with E-state index in [-0.39, 0.29) is 24.5 Å². The average Bonchev–Trinajstić information content (AvgIpc) is 3.07. The van der Waals surface area contributed by atoms with Crippen molar-refractivity contribution in [2.24, 2.45) is 0 Å². The third-order valence-electron chi connectivity index (χ3n) is 8.83. The highest BCUT2D eigenvalue weighted by Gasteiger charge is 2.14. The molecule has 0 saturated heterocycles. The van der Waals surface area contributed by atoms with Gasteiger partial charge in [-0.15, -0.1) is 0 Å². The fourth-order valence-corrected chi connectivity index (χ4v) is 5.88. The highest BCUT2D eigenvalue weighted by atomic mass is 16.5. The van der Waals surface area contributed by atoms with Crippen molar-refractivity contribution < 1.29 is 24.2 Å². The van der Waals surface area contributed by atoms with E-state index in [1.165, 1.54) is 89.9 Å². The van der Waals surface area contributed by atoms with Gasteiger partial charge in [0, 0.05) is 12.8 Å². The molecule has 6 nitrogen and oxygen atoms in total. The van der Waals surface area contributed by atoms with E-state index in [0.29, 0.717) is 12.8 Å². The number of carboxylic acid groups (broad SMARTS) is 1. The Labute approximate surface area is 296 Å². The number of ether oxygens (including phenoxy) is 1. The van der Waals surface area contributed by atoms with Gasteiger partial charge in [0.2, 0.25) is 5.91 Å². The molecule has 0 aliphatic heterocycles. The number of carbonyl (C=O) groups is 3. The van der Waals surface area contributed by atoms with Crippen LogP contribution in [0.25, 0.3) is 0 Å². The topological polar surface area (TPSA) is 92.7 Å². The highest BCUT2D eigenvalue weighted by Crippen LogP contribution is 2.19. The number of esters is 1. The molecule has 278 valence electrons. The number of amides is 1. The summed E-state index contributed by atoms with van der Waals surface area (Å²) in [5, 5.41) is 11.1. The molecule has 1 amide bonds. The molecule has 0 aromatic heterocycles. The minimum Gasteiger partial charge on any atom is -0.480 e. The summed E-state index contributed by atoms with van der Waals surface area (Å²) >= 11 is 0. The maximum Gasteiger partial charge on any atom is 0.322 e. The lowest BCUT2D eigenvalue weighted by Gasteiger charge is -2.18. The normalized spacial score (nSPS) is 12.4. The average molecular weight is 674 g/mol. The lowest BCUT2D eigenvalue weighted by atomic mass is 10.0. The van der Waals surface area contributed by atoms with E-state index in [1.54, 1.807) is 0 Å². The van der Waals surface area contributed by atoms with Crippen LogP contribution in [0.3, 0.4) is 0 Å². The maximum atomic E-state index is 12.7. The molecule has 0 bridgehead atoms. The first-order valence-electron chi connectivity index (χ1n) is 20.1. The zero-order chi connectivity index (χ0) is 35.2. The summed E-state index contributed by atoms with van der Waals surface area (Å²) in [7, 11) is 0. The minimum atomic E-state index is -1.02. The van der Waals surface area contributed by atoms with E-state index in [0.717, 1.165) is 83.5 Å². The molecule has 0 spiro atoms. The molecule has 0 aliphatic carbocycles. The second-order valence-corrected chi connectivity index (χ2v) is 13.5. The van der Waals surface area contributed by atoms with Gasteiger partial charge in [0.25, 0.3) is 0 Å². The van der Waals surface area contributed by atoms with E-state index >= 15 is 0 Å². The summed E-state index contributed by atoms with van der Waals surface area (Å²) in [4.78, 5) is 34.9. The number of carbonyl (C=O) groups excluding carboxylic acids is 2. The summed E-state index contributed by atoms with van der Waals surface area (Å²) in [6.45, 7) is 4.11. The first-order valence-corrected chi connectivity index (χ1v) is 20.1. The molecule has 2 N–H and O–H groups in total. The van der Waals surface area contributed by atoms with Gasteiger partial charge in [-0.3, -0.25) is 14.4 Å². The van der Waals surface area contributed by atoms with Gasteiger partial charge in [-0.2, -0.15) is 0 Å². The zero-order valence-electron chi connectivity index (χ0n) is 31.3. The molecular formula is C42H75NO5. The second kappa shape index (κ2) is 37.4. The first kappa shape index (κ1) is 45.6. The lowest BCUT2D eigenvalue weighted by Crippen LogP contribution is -2.28. The summed E-state index contributed by atoms with van der Waals surface area (Å²) in [6.07, 6.45) is 45.5. The van der Waals surface area contributed by atoms with Crippen LogP contribution in [-0.2, 0) is 19.1 Å². The monoisotopic (exact) mass is 674 g/mol. The van der Waals surface area contributed by atoms with E-state index in [4.69, 9.17) is 9.84 Å². The predicted molar refractivity (Wildman–Crippen MR) is 203 cm³/mol. The number of unbranched alkanes of at least 4 members (excludes halogenated alkanes) is 19. The van der Waals surface area contributed by atoms with E-state index in [2.05, 4.69) is 55.6 Å². The van der Waals surface area contributed by atoms with Crippen LogP contribution in [0.5, 0.6) is 0 Å². The van der Waals surface area contributed by atoms with E-state index < -0.39 is 5.97 Å². The number of carboxylic acids is 1. The second-order valence-electron chi connectivity index (χ2n) is 13.5. The van der Waals surface area contributed by atoms with Crippen LogP contribution in [0, 0.1) is 0 Å². The molecule has 0 aromatic rings. The van der Waals surface area contributed by atoms with Crippen molar-refractivity contribution in [2.75, 3.05) is 6.54 Å². The number of allylic oxidation sites excluding steroid dienone is 6. The molecule has 0 rings (SSSR count). The molecule has 1 unspecified atom stereocenters. The van der Waals surface area contributed by atoms with Gasteiger partial charge in [0.15, 0.2) is 0 Å². The standard InChI is InChI=1S/C42H75NO5/c1-3-5-7-9-11-13-14-15-16-17-18-19-20-22-24-29-33-37-42(47)48-39(34-30-26-23-21-12-10-8-6-4-2)35-31-27-25-28-32-36-40(44)43-38-41(45)46/h5,7,11,13,15-16,39H,3-4,6,8-10,12,14,17-38H2,1-2H3,(H,43,44)(H,45,46)/b7-5-,13-11-,16-15-. The van der Waals surface area contributed by atoms with Crippen molar-refractivity contribution in [1.82, 2.24) is 5.32 Å². The van der Waals surface area contributed by atoms with Crippen molar-refractivity contribution >= 4 is 17.8 Å². The fourth-order valence-electron chi connectivity index (χ4n) is 5.88. The Kier molecular flexibility index (Phi) is 35.6. The Morgan fingerprint density at radius 1 is 0.562 bits per heavy atom. The minimum absolute atomic E-state index is 0.0249. The van der Waals surface area contributed by atoms with Gasteiger partial charge in [-0.1, -0.05) is 153 Å². The fraction of sp³-hybridized carbons (Fsp3) is 0.786. The number of rotatable bonds is 36. The number of hydrogen-bond acceptors (Lipinski definition) is 4. The molecular weight excluding hydrogens is 598 g/mol. The number of hydrogen-bond donors (Lipinski definition) is 2. The number of nitrogens with one attached hydrogen (secondary N) is 1. The lowest BCUT2D eigenvalue weighted by molar-refractivity contribution is -0.150. The smallest absolute Gasteiger partial charge is 0.322 e. The maximum absolute atomic E-state index is 12.7. The Balaban J connectivity index is 4.11. The van der Waals surface area contributed by atoms with Crippen molar-refractivity contribution in [1.29, 1.82) is 0 Å². The Morgan fingerprint density at radius 3 is 1.56 bits per heavy atom. The molecule has 0 heterocycles. The molecule has 0 fully saturated rings. The summed E-state index contributed by atoms with van der Waals surface area (Å²) in [5.74, 6) is -1.24. The van der Waals surface area contributed by atoms with Crippen LogP contribution >= 0.6 is 0 Å². The third kappa shape index (κ3) is 36.5. The molecule has 0 aromatic carbocycles. The van der Waals surface area contributed by atoms with Gasteiger partial charge in [-0.25, -0.2) is 0 Å². The van der Waals surface area contributed by atoms with Gasteiger partial charge in [0.1, 0.15) is 12.6 Å². The predicted octanol–water partition coefficient (Wildman–Crippen LogP) is 12.1. The molecule has 0 radical (unpaired) electrons. The van der Waals surface area contributed by atoms with Crippen molar-refractivity contribution in [3.8, 4) is 0 Å². The van der Waals surface area contributed by atoms with E-state index in [1.807, 2.05) is 0 Å². The Hall–Kier alpha value is -2.37. The molecule has 1 atom stereocenters. The third-order valence-corrected chi connectivity index (χ3v) is 8.83. The summed E-state index contributed by atoms with van der Waals surface area (Å²) < 4.78 is 6.00. The van der Waals surface area contributed by atoms with Crippen LogP contribution < -0.4 is 5.32 Å². The van der Waals surface area contributed by atoms with Crippen LogP contribution in [0.4, 0.5) is 0 Å². The molecule has 6 heteroatoms. The largest absolute Gasteiger partial charge is 0.480 e. The van der Waals surface area contributed by atoms with Crippen LogP contribution in [0.2, 0.25) is 0 Å². The molecule has 48 heavy (non-hydrogen) atoms. The Bertz CT molecular complexity index is 834. The quantitative estimate of drug-likeness (QED) is 0.0392. The summed E-state index contributed by atoms with van der Waals surface area (Å²) in [5.41, 5.74) is 0. The summed E-state index contributed by atoms with van der Waals surface area (Å²) in [6, 6.07) is 0. The van der Waals surface area contributed by atoms with Gasteiger partial charge < -0.3 is 15.2 Å². The van der Waals surface area contributed by atoms with Crippen LogP contribution in [-0.4, -0.2) is 35.6 Å². The van der Waals surface area contributed by atoms with Gasteiger partial charge in [-0.05, 0) is 70.6 Å². The highest BCUT2D eigenvalue weighted by molar-refractivity contribution is 5.80. The van der Waals surface area contributed by atoms with Crippen molar-refractivity contribution in [2.45, 2.75) is 206 Å². The molecule has 0 saturated carbocycles. The van der Waals surface area contributed by atoms with E-state index in [9.17, 15) is 14.4 Å². The van der Waals surface area contributed by atoms with Crippen molar-refractivity contribution in [3.05, 3.63) is 36.5 Å². The van der Waals surface area contributed by atoms with Crippen LogP contribution in [0.1, 0.15) is 200 Å². The zero-order valence-corrected chi connectivity index (χ0v) is 31.3. The van der Waals surface area contributed by atoms with Gasteiger partial charge >= 0.3 is 11.9 Å².